The van der Waals surface area contributed by atoms with Crippen LogP contribution in [0, 0.1) is 13.8 Å². The van der Waals surface area contributed by atoms with Crippen molar-refractivity contribution in [2.75, 3.05) is 30.6 Å². The van der Waals surface area contributed by atoms with Crippen LogP contribution in [-0.2, 0) is 21.1 Å². The number of sulfone groups is 1. The zero-order valence-electron chi connectivity index (χ0n) is 18.5. The number of aliphatic imine (C=N–C) groups is 1. The van der Waals surface area contributed by atoms with Gasteiger partial charge in [-0.15, -0.1) is 0 Å². The smallest absolute Gasteiger partial charge is 0.252 e. The fraction of sp³-hybridized carbons (Fsp3) is 0.391. The molecule has 32 heavy (non-hydrogen) atoms. The van der Waals surface area contributed by atoms with Gasteiger partial charge in [0.05, 0.1) is 38.2 Å². The molecule has 0 unspecified atom stereocenters. The highest BCUT2D eigenvalue weighted by Gasteiger charge is 2.49. The maximum absolute atomic E-state index is 12.9. The van der Waals surface area contributed by atoms with E-state index in [1.54, 1.807) is 26.4 Å². The number of benzene rings is 2. The van der Waals surface area contributed by atoms with Gasteiger partial charge in [-0.25, -0.2) is 8.42 Å². The molecule has 7 nitrogen and oxygen atoms in total. The van der Waals surface area contributed by atoms with Gasteiger partial charge in [-0.05, 0) is 42.7 Å². The molecule has 0 spiro atoms. The maximum Gasteiger partial charge on any atom is 0.252 e. The van der Waals surface area contributed by atoms with E-state index >= 15 is 0 Å². The third kappa shape index (κ3) is 4.36. The first kappa shape index (κ1) is 22.7. The minimum Gasteiger partial charge on any atom is -0.493 e. The fourth-order valence-electron chi connectivity index (χ4n) is 4.32. The number of para-hydroxylation sites is 1. The summed E-state index contributed by atoms with van der Waals surface area (Å²) >= 11 is 1.39. The number of fused-ring (bicyclic) bond motifs is 1. The number of carbonyl (C=O) groups is 1. The molecule has 1 amide bonds. The van der Waals surface area contributed by atoms with Crippen LogP contribution < -0.4 is 14.4 Å². The summed E-state index contributed by atoms with van der Waals surface area (Å²) in [5.74, 6) is 1.03. The molecule has 9 heteroatoms. The Hall–Kier alpha value is -2.52. The quantitative estimate of drug-likeness (QED) is 0.658. The van der Waals surface area contributed by atoms with Gasteiger partial charge in [0, 0.05) is 10.9 Å². The van der Waals surface area contributed by atoms with Crippen LogP contribution in [0.15, 0.2) is 41.4 Å². The average Bonchev–Trinajstić information content (AvgIpc) is 3.19. The summed E-state index contributed by atoms with van der Waals surface area (Å²) in [6.45, 7) is 3.99. The SMILES string of the molecule is COc1ccc(CC(=O)N=C2S[C@H]3CS(=O)(=O)C[C@@H]3N2c2c(C)cccc2C)cc1OC. The summed E-state index contributed by atoms with van der Waals surface area (Å²) in [6.07, 6.45) is 0.110. The molecule has 2 atom stereocenters. The number of amidine groups is 1. The Balaban J connectivity index is 1.66. The second kappa shape index (κ2) is 8.78. The first-order valence-electron chi connectivity index (χ1n) is 10.3. The lowest BCUT2D eigenvalue weighted by Crippen LogP contribution is -2.38. The number of anilines is 1. The first-order valence-corrected chi connectivity index (χ1v) is 13.0. The lowest BCUT2D eigenvalue weighted by Gasteiger charge is -2.28. The van der Waals surface area contributed by atoms with E-state index in [0.29, 0.717) is 16.7 Å². The monoisotopic (exact) mass is 474 g/mol. The molecular weight excluding hydrogens is 448 g/mol. The molecule has 0 aliphatic carbocycles. The number of aryl methyl sites for hydroxylation is 2. The Labute approximate surface area is 192 Å². The molecule has 2 heterocycles. The Kier molecular flexibility index (Phi) is 6.22. The van der Waals surface area contributed by atoms with Gasteiger partial charge >= 0.3 is 0 Å². The topological polar surface area (TPSA) is 85.3 Å². The van der Waals surface area contributed by atoms with Crippen LogP contribution in [0.2, 0.25) is 0 Å². The number of thioether (sulfide) groups is 1. The van der Waals surface area contributed by atoms with E-state index in [0.717, 1.165) is 22.4 Å². The highest BCUT2D eigenvalue weighted by molar-refractivity contribution is 8.16. The number of hydrogen-bond donors (Lipinski definition) is 0. The number of rotatable bonds is 5. The second-order valence-corrected chi connectivity index (χ2v) is 11.4. The minimum absolute atomic E-state index is 0.0708. The van der Waals surface area contributed by atoms with Crippen molar-refractivity contribution in [2.24, 2.45) is 4.99 Å². The van der Waals surface area contributed by atoms with Crippen molar-refractivity contribution < 1.29 is 22.7 Å². The van der Waals surface area contributed by atoms with Gasteiger partial charge in [0.25, 0.3) is 5.91 Å². The molecule has 2 aliphatic rings. The van der Waals surface area contributed by atoms with Crippen molar-refractivity contribution in [3.63, 3.8) is 0 Å². The lowest BCUT2D eigenvalue weighted by molar-refractivity contribution is -0.117. The van der Waals surface area contributed by atoms with Crippen molar-refractivity contribution in [1.82, 2.24) is 0 Å². The van der Waals surface area contributed by atoms with Crippen molar-refractivity contribution in [2.45, 2.75) is 31.6 Å². The molecule has 0 N–H and O–H groups in total. The number of carbonyl (C=O) groups excluding carboxylic acids is 1. The largest absolute Gasteiger partial charge is 0.493 e. The van der Waals surface area contributed by atoms with Gasteiger partial charge in [-0.2, -0.15) is 4.99 Å². The molecule has 170 valence electrons. The summed E-state index contributed by atoms with van der Waals surface area (Å²) in [5.41, 5.74) is 3.75. The molecule has 0 saturated carbocycles. The van der Waals surface area contributed by atoms with E-state index in [4.69, 9.17) is 9.47 Å². The molecular formula is C23H26N2O5S2. The molecule has 2 aliphatic heterocycles. The molecule has 0 radical (unpaired) electrons. The zero-order chi connectivity index (χ0) is 23.0. The number of nitrogens with zero attached hydrogens (tertiary/aromatic N) is 2. The van der Waals surface area contributed by atoms with Crippen LogP contribution in [-0.4, -0.2) is 56.5 Å². The van der Waals surface area contributed by atoms with Gasteiger partial charge in [-0.1, -0.05) is 36.0 Å². The number of amides is 1. The molecule has 0 bridgehead atoms. The maximum atomic E-state index is 12.9. The summed E-state index contributed by atoms with van der Waals surface area (Å²) in [7, 11) is -0.00472. The summed E-state index contributed by atoms with van der Waals surface area (Å²) in [6, 6.07) is 11.1. The summed E-state index contributed by atoms with van der Waals surface area (Å²) < 4.78 is 35.2. The number of methoxy groups -OCH3 is 2. The van der Waals surface area contributed by atoms with E-state index in [1.165, 1.54) is 11.8 Å². The lowest BCUT2D eigenvalue weighted by atomic mass is 10.1. The van der Waals surface area contributed by atoms with Gasteiger partial charge in [0.1, 0.15) is 0 Å². The van der Waals surface area contributed by atoms with Crippen molar-refractivity contribution in [1.29, 1.82) is 0 Å². The van der Waals surface area contributed by atoms with Crippen LogP contribution in [0.3, 0.4) is 0 Å². The van der Waals surface area contributed by atoms with Crippen LogP contribution in [0.1, 0.15) is 16.7 Å². The zero-order valence-corrected chi connectivity index (χ0v) is 20.1. The second-order valence-electron chi connectivity index (χ2n) is 8.07. The molecule has 0 aromatic heterocycles. The summed E-state index contributed by atoms with van der Waals surface area (Å²) in [4.78, 5) is 19.3. The van der Waals surface area contributed by atoms with E-state index < -0.39 is 9.84 Å². The standard InChI is InChI=1S/C23H26N2O5S2/c1-14-6-5-7-15(2)22(14)25-17-12-32(27,28)13-20(17)31-23(25)24-21(26)11-16-8-9-18(29-3)19(10-16)30-4/h5-10,17,20H,11-13H2,1-4H3/t17-,20-/m0/s1. The first-order chi connectivity index (χ1) is 15.2. The molecule has 2 aromatic rings. The normalized spacial score (nSPS) is 22.8. The number of hydrogen-bond acceptors (Lipinski definition) is 6. The van der Waals surface area contributed by atoms with Gasteiger partial charge in [0.2, 0.25) is 0 Å². The molecule has 2 saturated heterocycles. The Morgan fingerprint density at radius 3 is 2.44 bits per heavy atom. The van der Waals surface area contributed by atoms with Crippen LogP contribution in [0.4, 0.5) is 5.69 Å². The van der Waals surface area contributed by atoms with Crippen LogP contribution >= 0.6 is 11.8 Å². The predicted molar refractivity (Wildman–Crippen MR) is 128 cm³/mol. The Morgan fingerprint density at radius 1 is 1.09 bits per heavy atom. The molecule has 4 rings (SSSR count). The fourth-order valence-corrected chi connectivity index (χ4v) is 8.24. The van der Waals surface area contributed by atoms with Crippen molar-refractivity contribution in [3.05, 3.63) is 53.1 Å². The van der Waals surface area contributed by atoms with Crippen LogP contribution in [0.5, 0.6) is 11.5 Å². The minimum atomic E-state index is -3.12. The summed E-state index contributed by atoms with van der Waals surface area (Å²) in [5, 5.41) is 0.435. The highest BCUT2D eigenvalue weighted by Crippen LogP contribution is 2.43. The van der Waals surface area contributed by atoms with E-state index in [9.17, 15) is 13.2 Å². The third-order valence-electron chi connectivity index (χ3n) is 5.77. The predicted octanol–water partition coefficient (Wildman–Crippen LogP) is 3.16. The van der Waals surface area contributed by atoms with Gasteiger partial charge in [-0.3, -0.25) is 4.79 Å². The van der Waals surface area contributed by atoms with Gasteiger partial charge < -0.3 is 14.4 Å². The Morgan fingerprint density at radius 2 is 1.78 bits per heavy atom. The highest BCUT2D eigenvalue weighted by atomic mass is 32.2. The molecule has 2 fully saturated rings. The Bertz CT molecular complexity index is 1170. The van der Waals surface area contributed by atoms with Crippen LogP contribution in [0.25, 0.3) is 0 Å². The van der Waals surface area contributed by atoms with Gasteiger partial charge in [0.15, 0.2) is 26.5 Å². The van der Waals surface area contributed by atoms with E-state index in [2.05, 4.69) is 4.99 Å². The molecule has 2 aromatic carbocycles. The average molecular weight is 475 g/mol. The van der Waals surface area contributed by atoms with Crippen molar-refractivity contribution >= 4 is 38.4 Å². The van der Waals surface area contributed by atoms with Crippen molar-refractivity contribution in [3.8, 4) is 11.5 Å². The number of ether oxygens (including phenoxy) is 2. The third-order valence-corrected chi connectivity index (χ3v) is 8.98. The van der Waals surface area contributed by atoms with E-state index in [-0.39, 0.29) is 35.1 Å². The van der Waals surface area contributed by atoms with E-state index in [1.807, 2.05) is 43.0 Å².